The van der Waals surface area contributed by atoms with Crippen molar-refractivity contribution in [3.63, 3.8) is 0 Å². The number of hydrogen-bond acceptors (Lipinski definition) is 4. The lowest BCUT2D eigenvalue weighted by atomic mass is 10.1. The molecule has 1 N–H and O–H groups in total. The minimum absolute atomic E-state index is 0.121. The van der Waals surface area contributed by atoms with E-state index < -0.39 is 0 Å². The van der Waals surface area contributed by atoms with Crippen LogP contribution in [0.25, 0.3) is 5.69 Å². The second-order valence-electron chi connectivity index (χ2n) is 7.67. The summed E-state index contributed by atoms with van der Waals surface area (Å²) in [5.41, 5.74) is 4.44. The summed E-state index contributed by atoms with van der Waals surface area (Å²) in [6, 6.07) is 17.3. The van der Waals surface area contributed by atoms with Gasteiger partial charge in [-0.25, -0.2) is 4.68 Å². The van der Waals surface area contributed by atoms with E-state index in [1.54, 1.807) is 0 Å². The topological polar surface area (TPSA) is 65.4 Å². The zero-order valence-electron chi connectivity index (χ0n) is 17.4. The standard InChI is InChI=1S/C24H27N3O3/c1-17-12-18(2)27(26-17)21-8-4-7-20(14-21)24(28)25-15-19-6-3-9-22(13-19)30-16-23-10-5-11-29-23/h3-4,6-9,12-14,23H,5,10-11,15-16H2,1-2H3,(H,25,28)/t23-/m0/s1. The average molecular weight is 405 g/mol. The average Bonchev–Trinajstić information content (AvgIpc) is 3.40. The zero-order chi connectivity index (χ0) is 20.9. The number of hydrogen-bond donors (Lipinski definition) is 1. The molecule has 1 aliphatic heterocycles. The molecule has 0 spiro atoms. The molecule has 1 fully saturated rings. The fraction of sp³-hybridized carbons (Fsp3) is 0.333. The van der Waals surface area contributed by atoms with Crippen LogP contribution in [-0.4, -0.2) is 35.0 Å². The van der Waals surface area contributed by atoms with Gasteiger partial charge in [-0.15, -0.1) is 0 Å². The number of nitrogens with one attached hydrogen (secondary N) is 1. The number of nitrogens with zero attached hydrogens (tertiary/aromatic N) is 2. The van der Waals surface area contributed by atoms with Gasteiger partial charge in [0, 0.05) is 24.4 Å². The van der Waals surface area contributed by atoms with Crippen molar-refractivity contribution in [2.75, 3.05) is 13.2 Å². The molecule has 0 unspecified atom stereocenters. The SMILES string of the molecule is Cc1cc(C)n(-c2cccc(C(=O)NCc3cccc(OC[C@@H]4CCCO4)c3)c2)n1. The number of aryl methyl sites for hydroxylation is 2. The lowest BCUT2D eigenvalue weighted by molar-refractivity contribution is 0.0679. The molecule has 0 radical (unpaired) electrons. The van der Waals surface area contributed by atoms with Gasteiger partial charge in [0.05, 0.1) is 17.5 Å². The number of rotatable bonds is 7. The van der Waals surface area contributed by atoms with Crippen LogP contribution in [0.15, 0.2) is 54.6 Å². The van der Waals surface area contributed by atoms with Crippen LogP contribution in [-0.2, 0) is 11.3 Å². The molecule has 6 heteroatoms. The Morgan fingerprint density at radius 3 is 2.83 bits per heavy atom. The van der Waals surface area contributed by atoms with Crippen LogP contribution >= 0.6 is 0 Å². The third kappa shape index (κ3) is 4.89. The van der Waals surface area contributed by atoms with Crippen LogP contribution in [0.3, 0.4) is 0 Å². The molecule has 0 saturated carbocycles. The van der Waals surface area contributed by atoms with Crippen molar-refractivity contribution in [2.24, 2.45) is 0 Å². The van der Waals surface area contributed by atoms with Crippen molar-refractivity contribution in [1.29, 1.82) is 0 Å². The maximum Gasteiger partial charge on any atom is 0.251 e. The Morgan fingerprint density at radius 2 is 2.07 bits per heavy atom. The van der Waals surface area contributed by atoms with E-state index in [2.05, 4.69) is 10.4 Å². The molecule has 0 aliphatic carbocycles. The fourth-order valence-corrected chi connectivity index (χ4v) is 3.66. The van der Waals surface area contributed by atoms with Gasteiger partial charge in [0.2, 0.25) is 0 Å². The summed E-state index contributed by atoms with van der Waals surface area (Å²) in [5, 5.41) is 7.48. The molecule has 1 aliphatic rings. The van der Waals surface area contributed by atoms with Gasteiger partial charge in [0.15, 0.2) is 0 Å². The van der Waals surface area contributed by atoms with Crippen LogP contribution in [0.1, 0.15) is 40.2 Å². The second-order valence-corrected chi connectivity index (χ2v) is 7.67. The largest absolute Gasteiger partial charge is 0.491 e. The van der Waals surface area contributed by atoms with Crippen molar-refractivity contribution in [3.05, 3.63) is 77.1 Å². The van der Waals surface area contributed by atoms with E-state index in [0.29, 0.717) is 18.7 Å². The number of ether oxygens (including phenoxy) is 2. The number of aromatic nitrogens is 2. The minimum atomic E-state index is -0.121. The molecule has 1 aromatic heterocycles. The zero-order valence-corrected chi connectivity index (χ0v) is 17.4. The number of amides is 1. The van der Waals surface area contributed by atoms with Gasteiger partial charge in [0.1, 0.15) is 12.4 Å². The van der Waals surface area contributed by atoms with Crippen LogP contribution in [0.4, 0.5) is 0 Å². The Bertz CT molecular complexity index is 1020. The van der Waals surface area contributed by atoms with Crippen molar-refractivity contribution < 1.29 is 14.3 Å². The highest BCUT2D eigenvalue weighted by Gasteiger charge is 2.16. The van der Waals surface area contributed by atoms with E-state index in [-0.39, 0.29) is 12.0 Å². The highest BCUT2D eigenvalue weighted by atomic mass is 16.5. The van der Waals surface area contributed by atoms with Gasteiger partial charge in [-0.1, -0.05) is 18.2 Å². The Kier molecular flexibility index (Phi) is 6.14. The summed E-state index contributed by atoms with van der Waals surface area (Å²) >= 11 is 0. The molecule has 6 nitrogen and oxygen atoms in total. The highest BCUT2D eigenvalue weighted by molar-refractivity contribution is 5.94. The predicted octanol–water partition coefficient (Wildman–Crippen LogP) is 3.98. The first-order valence-electron chi connectivity index (χ1n) is 10.3. The number of carbonyl (C=O) groups is 1. The summed E-state index contributed by atoms with van der Waals surface area (Å²) in [4.78, 5) is 12.7. The lowest BCUT2D eigenvalue weighted by Gasteiger charge is -2.13. The second kappa shape index (κ2) is 9.13. The summed E-state index contributed by atoms with van der Waals surface area (Å²) in [5.74, 6) is 0.674. The van der Waals surface area contributed by atoms with Gasteiger partial charge in [-0.05, 0) is 68.7 Å². The first kappa shape index (κ1) is 20.2. The van der Waals surface area contributed by atoms with Crippen molar-refractivity contribution in [1.82, 2.24) is 15.1 Å². The highest BCUT2D eigenvalue weighted by Crippen LogP contribution is 2.18. The normalized spacial score (nSPS) is 15.9. The van der Waals surface area contributed by atoms with Crippen molar-refractivity contribution >= 4 is 5.91 Å². The smallest absolute Gasteiger partial charge is 0.251 e. The first-order valence-corrected chi connectivity index (χ1v) is 10.3. The molecular weight excluding hydrogens is 378 g/mol. The monoisotopic (exact) mass is 405 g/mol. The molecule has 3 aromatic rings. The Morgan fingerprint density at radius 1 is 1.20 bits per heavy atom. The summed E-state index contributed by atoms with van der Waals surface area (Å²) in [7, 11) is 0. The molecule has 1 atom stereocenters. The Hall–Kier alpha value is -3.12. The Labute approximate surface area is 176 Å². The van der Waals surface area contributed by atoms with Gasteiger partial charge >= 0.3 is 0 Å². The number of carbonyl (C=O) groups excluding carboxylic acids is 1. The van der Waals surface area contributed by atoms with Crippen LogP contribution < -0.4 is 10.1 Å². The van der Waals surface area contributed by atoms with E-state index in [0.717, 1.165) is 47.8 Å². The first-order chi connectivity index (χ1) is 14.6. The van der Waals surface area contributed by atoms with E-state index in [4.69, 9.17) is 9.47 Å². The molecule has 2 heterocycles. The molecule has 2 aromatic carbocycles. The van der Waals surface area contributed by atoms with Crippen LogP contribution in [0, 0.1) is 13.8 Å². The minimum Gasteiger partial charge on any atom is -0.491 e. The van der Waals surface area contributed by atoms with Gasteiger partial charge < -0.3 is 14.8 Å². The van der Waals surface area contributed by atoms with Gasteiger partial charge in [-0.2, -0.15) is 5.10 Å². The molecule has 1 saturated heterocycles. The van der Waals surface area contributed by atoms with Gasteiger partial charge in [0.25, 0.3) is 5.91 Å². The molecule has 1 amide bonds. The van der Waals surface area contributed by atoms with Gasteiger partial charge in [-0.3, -0.25) is 4.79 Å². The molecule has 4 rings (SSSR count). The van der Waals surface area contributed by atoms with E-state index in [1.165, 1.54) is 0 Å². The summed E-state index contributed by atoms with van der Waals surface area (Å²) < 4.78 is 13.3. The third-order valence-electron chi connectivity index (χ3n) is 5.17. The lowest BCUT2D eigenvalue weighted by Crippen LogP contribution is -2.23. The molecule has 0 bridgehead atoms. The quantitative estimate of drug-likeness (QED) is 0.646. The fourth-order valence-electron chi connectivity index (χ4n) is 3.66. The molecular formula is C24H27N3O3. The summed E-state index contributed by atoms with van der Waals surface area (Å²) in [6.45, 7) is 5.77. The maximum absolute atomic E-state index is 12.7. The van der Waals surface area contributed by atoms with E-state index >= 15 is 0 Å². The molecule has 156 valence electrons. The van der Waals surface area contributed by atoms with Crippen molar-refractivity contribution in [2.45, 2.75) is 39.3 Å². The summed E-state index contributed by atoms with van der Waals surface area (Å²) in [6.07, 6.45) is 2.33. The maximum atomic E-state index is 12.7. The van der Waals surface area contributed by atoms with Crippen LogP contribution in [0.5, 0.6) is 5.75 Å². The number of benzene rings is 2. The van der Waals surface area contributed by atoms with Crippen molar-refractivity contribution in [3.8, 4) is 11.4 Å². The third-order valence-corrected chi connectivity index (χ3v) is 5.17. The predicted molar refractivity (Wildman–Crippen MR) is 115 cm³/mol. The molecule has 30 heavy (non-hydrogen) atoms. The Balaban J connectivity index is 1.37. The van der Waals surface area contributed by atoms with E-state index in [9.17, 15) is 4.79 Å². The van der Waals surface area contributed by atoms with Crippen LogP contribution in [0.2, 0.25) is 0 Å². The van der Waals surface area contributed by atoms with E-state index in [1.807, 2.05) is 73.1 Å².